The van der Waals surface area contributed by atoms with Crippen LogP contribution in [0.2, 0.25) is 0 Å². The van der Waals surface area contributed by atoms with Crippen molar-refractivity contribution in [2.45, 2.75) is 44.7 Å². The maximum atomic E-state index is 13.5. The van der Waals surface area contributed by atoms with E-state index in [1.807, 2.05) is 38.1 Å². The van der Waals surface area contributed by atoms with Gasteiger partial charge in [0.2, 0.25) is 5.91 Å². The van der Waals surface area contributed by atoms with Crippen molar-refractivity contribution < 1.29 is 13.2 Å². The van der Waals surface area contributed by atoms with E-state index in [1.165, 1.54) is 22.7 Å². The Balaban J connectivity index is 1.50. The Morgan fingerprint density at radius 1 is 0.914 bits per heavy atom. The summed E-state index contributed by atoms with van der Waals surface area (Å²) in [6.45, 7) is 7.04. The maximum Gasteiger partial charge on any atom is 0.264 e. The van der Waals surface area contributed by atoms with Crippen molar-refractivity contribution in [3.63, 3.8) is 0 Å². The van der Waals surface area contributed by atoms with Gasteiger partial charge in [-0.15, -0.1) is 0 Å². The summed E-state index contributed by atoms with van der Waals surface area (Å²) in [4.78, 5) is 15.6. The molecule has 4 rings (SSSR count). The van der Waals surface area contributed by atoms with E-state index in [-0.39, 0.29) is 17.3 Å². The number of hydrogen-bond acceptors (Lipinski definition) is 4. The van der Waals surface area contributed by atoms with E-state index in [2.05, 4.69) is 22.3 Å². The van der Waals surface area contributed by atoms with Crippen LogP contribution in [-0.4, -0.2) is 38.9 Å². The van der Waals surface area contributed by atoms with Crippen molar-refractivity contribution in [2.75, 3.05) is 23.9 Å². The molecule has 7 heteroatoms. The number of aryl methyl sites for hydroxylation is 2. The number of rotatable bonds is 9. The zero-order valence-corrected chi connectivity index (χ0v) is 21.2. The van der Waals surface area contributed by atoms with Crippen molar-refractivity contribution >= 4 is 21.6 Å². The number of sulfonamides is 1. The van der Waals surface area contributed by atoms with Crippen LogP contribution in [0.1, 0.15) is 35.1 Å². The average molecular weight is 492 g/mol. The molecule has 1 saturated heterocycles. The molecule has 1 N–H and O–H groups in total. The van der Waals surface area contributed by atoms with Crippen LogP contribution in [0.4, 0.5) is 5.69 Å². The van der Waals surface area contributed by atoms with Crippen molar-refractivity contribution in [3.05, 3.63) is 95.1 Å². The van der Waals surface area contributed by atoms with Gasteiger partial charge in [0.1, 0.15) is 6.54 Å². The van der Waals surface area contributed by atoms with Crippen molar-refractivity contribution in [3.8, 4) is 0 Å². The molecule has 0 saturated carbocycles. The first-order valence-corrected chi connectivity index (χ1v) is 13.5. The van der Waals surface area contributed by atoms with Crippen molar-refractivity contribution in [1.29, 1.82) is 0 Å². The number of carbonyl (C=O) groups excluding carboxylic acids is 1. The van der Waals surface area contributed by atoms with E-state index in [1.54, 1.807) is 36.4 Å². The lowest BCUT2D eigenvalue weighted by Gasteiger charge is -2.26. The van der Waals surface area contributed by atoms with Gasteiger partial charge in [-0.05, 0) is 74.7 Å². The fraction of sp³-hybridized carbons (Fsp3) is 0.321. The lowest BCUT2D eigenvalue weighted by atomic mass is 10.1. The number of likely N-dealkylation sites (tertiary alicyclic amines) is 1. The topological polar surface area (TPSA) is 69.7 Å². The zero-order chi connectivity index (χ0) is 24.8. The first-order chi connectivity index (χ1) is 16.8. The summed E-state index contributed by atoms with van der Waals surface area (Å²) in [5.41, 5.74) is 4.55. The Morgan fingerprint density at radius 3 is 2.34 bits per heavy atom. The number of nitrogens with one attached hydrogen (secondary N) is 1. The number of benzene rings is 3. The van der Waals surface area contributed by atoms with Gasteiger partial charge in [-0.1, -0.05) is 60.2 Å². The fourth-order valence-corrected chi connectivity index (χ4v) is 6.03. The third kappa shape index (κ3) is 6.29. The summed E-state index contributed by atoms with van der Waals surface area (Å²) in [5, 5.41) is 2.92. The van der Waals surface area contributed by atoms with Crippen LogP contribution in [-0.2, 0) is 27.9 Å². The van der Waals surface area contributed by atoms with Crippen LogP contribution in [0.15, 0.2) is 77.7 Å². The van der Waals surface area contributed by atoms with E-state index in [0.29, 0.717) is 12.2 Å². The third-order valence-electron chi connectivity index (χ3n) is 6.33. The molecule has 6 nitrogen and oxygen atoms in total. The first kappa shape index (κ1) is 24.9. The van der Waals surface area contributed by atoms with E-state index < -0.39 is 10.0 Å². The minimum Gasteiger partial charge on any atom is -0.350 e. The predicted molar refractivity (Wildman–Crippen MR) is 140 cm³/mol. The minimum absolute atomic E-state index is 0.155. The highest BCUT2D eigenvalue weighted by molar-refractivity contribution is 7.92. The van der Waals surface area contributed by atoms with Crippen LogP contribution in [0.3, 0.4) is 0 Å². The van der Waals surface area contributed by atoms with Crippen LogP contribution < -0.4 is 9.62 Å². The largest absolute Gasteiger partial charge is 0.350 e. The van der Waals surface area contributed by atoms with Gasteiger partial charge in [-0.2, -0.15) is 0 Å². The van der Waals surface area contributed by atoms with Gasteiger partial charge in [0, 0.05) is 13.1 Å². The Hall–Kier alpha value is -3.16. The van der Waals surface area contributed by atoms with Crippen LogP contribution in [0, 0.1) is 13.8 Å². The summed E-state index contributed by atoms with van der Waals surface area (Å²) < 4.78 is 28.3. The minimum atomic E-state index is -3.92. The number of carbonyl (C=O) groups is 1. The summed E-state index contributed by atoms with van der Waals surface area (Å²) in [6.07, 6.45) is 2.50. The number of nitrogens with zero attached hydrogens (tertiary/aromatic N) is 2. The van der Waals surface area contributed by atoms with Crippen LogP contribution in [0.5, 0.6) is 0 Å². The number of hydrogen-bond donors (Lipinski definition) is 1. The molecule has 0 aromatic heterocycles. The van der Waals surface area contributed by atoms with Gasteiger partial charge in [-0.3, -0.25) is 14.0 Å². The van der Waals surface area contributed by atoms with Gasteiger partial charge >= 0.3 is 0 Å². The second-order valence-corrected chi connectivity index (χ2v) is 11.1. The molecule has 184 valence electrons. The Kier molecular flexibility index (Phi) is 7.88. The van der Waals surface area contributed by atoms with E-state index >= 15 is 0 Å². The van der Waals surface area contributed by atoms with Gasteiger partial charge in [0.25, 0.3) is 10.0 Å². The molecule has 1 heterocycles. The molecule has 3 aromatic rings. The molecule has 0 aliphatic carbocycles. The summed E-state index contributed by atoms with van der Waals surface area (Å²) in [7, 11) is -3.92. The second-order valence-electron chi connectivity index (χ2n) is 9.19. The predicted octanol–water partition coefficient (Wildman–Crippen LogP) is 4.41. The third-order valence-corrected chi connectivity index (χ3v) is 8.10. The average Bonchev–Trinajstić information content (AvgIpc) is 3.35. The molecule has 0 bridgehead atoms. The van der Waals surface area contributed by atoms with Gasteiger partial charge in [0.05, 0.1) is 10.6 Å². The molecule has 1 aliphatic rings. The summed E-state index contributed by atoms with van der Waals surface area (Å²) >= 11 is 0. The van der Waals surface area contributed by atoms with Crippen LogP contribution in [0.25, 0.3) is 0 Å². The molecule has 1 aliphatic heterocycles. The monoisotopic (exact) mass is 491 g/mol. The molecule has 35 heavy (non-hydrogen) atoms. The molecule has 0 atom stereocenters. The van der Waals surface area contributed by atoms with Gasteiger partial charge in [0.15, 0.2) is 0 Å². The molecular formula is C28H33N3O3S. The molecule has 1 fully saturated rings. The zero-order valence-electron chi connectivity index (χ0n) is 20.4. The van der Waals surface area contributed by atoms with E-state index in [4.69, 9.17) is 0 Å². The SMILES string of the molecule is Cc1ccc(N(CC(=O)NCc2cccc(CN3CCCC3)c2)S(=O)(=O)c2ccccc2)c(C)c1. The molecule has 3 aromatic carbocycles. The highest BCUT2D eigenvalue weighted by Crippen LogP contribution is 2.27. The number of anilines is 1. The molecule has 0 unspecified atom stereocenters. The smallest absolute Gasteiger partial charge is 0.264 e. The van der Waals surface area contributed by atoms with E-state index in [9.17, 15) is 13.2 Å². The second kappa shape index (κ2) is 11.1. The highest BCUT2D eigenvalue weighted by Gasteiger charge is 2.28. The van der Waals surface area contributed by atoms with Crippen molar-refractivity contribution in [1.82, 2.24) is 10.2 Å². The summed E-state index contributed by atoms with van der Waals surface area (Å²) in [6, 6.07) is 22.0. The molecular weight excluding hydrogens is 458 g/mol. The normalized spacial score (nSPS) is 14.1. The summed E-state index contributed by atoms with van der Waals surface area (Å²) in [5.74, 6) is -0.352. The first-order valence-electron chi connectivity index (χ1n) is 12.0. The molecule has 1 amide bonds. The number of amides is 1. The fourth-order valence-electron chi connectivity index (χ4n) is 4.53. The lowest BCUT2D eigenvalue weighted by Crippen LogP contribution is -2.41. The van der Waals surface area contributed by atoms with Crippen LogP contribution >= 0.6 is 0 Å². The van der Waals surface area contributed by atoms with Crippen molar-refractivity contribution in [2.24, 2.45) is 0 Å². The lowest BCUT2D eigenvalue weighted by molar-refractivity contribution is -0.119. The Labute approximate surface area is 208 Å². The quantitative estimate of drug-likeness (QED) is 0.481. The Morgan fingerprint density at radius 2 is 1.63 bits per heavy atom. The molecule has 0 radical (unpaired) electrons. The standard InChI is InChI=1S/C28H33N3O3S/c1-22-13-14-27(23(2)17-22)31(35(33,34)26-11-4-3-5-12-26)21-28(32)29-19-24-9-8-10-25(18-24)20-30-15-6-7-16-30/h3-5,8-14,17-18H,6-7,15-16,19-21H2,1-2H3,(H,29,32). The van der Waals surface area contributed by atoms with Gasteiger partial charge < -0.3 is 5.32 Å². The maximum absolute atomic E-state index is 13.5. The van der Waals surface area contributed by atoms with E-state index in [0.717, 1.165) is 36.3 Å². The Bertz CT molecular complexity index is 1270. The highest BCUT2D eigenvalue weighted by atomic mass is 32.2. The van der Waals surface area contributed by atoms with Gasteiger partial charge in [-0.25, -0.2) is 8.42 Å². The molecule has 0 spiro atoms.